The van der Waals surface area contributed by atoms with Crippen molar-refractivity contribution in [1.29, 1.82) is 0 Å². The molecule has 0 radical (unpaired) electrons. The maximum absolute atomic E-state index is 12.0. The van der Waals surface area contributed by atoms with Crippen molar-refractivity contribution in [2.45, 2.75) is 20.5 Å². The number of rotatable bonds is 4. The van der Waals surface area contributed by atoms with Crippen molar-refractivity contribution in [2.24, 2.45) is 0 Å². The highest BCUT2D eigenvalue weighted by Gasteiger charge is 2.16. The number of esters is 1. The summed E-state index contributed by atoms with van der Waals surface area (Å²) in [6.07, 6.45) is 0. The molecule has 3 rings (SSSR count). The summed E-state index contributed by atoms with van der Waals surface area (Å²) in [6.45, 7) is 3.72. The summed E-state index contributed by atoms with van der Waals surface area (Å²) in [5, 5.41) is 12.6. The fourth-order valence-electron chi connectivity index (χ4n) is 1.90. The van der Waals surface area contributed by atoms with Crippen molar-refractivity contribution in [3.63, 3.8) is 0 Å². The number of carbonyl (C=O) groups is 1. The van der Waals surface area contributed by atoms with Gasteiger partial charge in [-0.05, 0) is 31.4 Å². The van der Waals surface area contributed by atoms with Gasteiger partial charge in [-0.15, -0.1) is 11.3 Å². The highest BCUT2D eigenvalue weighted by atomic mass is 32.1. The molecule has 1 N–H and O–H groups in total. The predicted octanol–water partition coefficient (Wildman–Crippen LogP) is 3.10. The van der Waals surface area contributed by atoms with Gasteiger partial charge in [0.2, 0.25) is 0 Å². The third-order valence-electron chi connectivity index (χ3n) is 3.10. The number of H-pyrrole nitrogens is 1. The predicted molar refractivity (Wildman–Crippen MR) is 77.0 cm³/mol. The molecule has 6 nitrogen and oxygen atoms in total. The Balaban J connectivity index is 1.69. The molecule has 0 aromatic carbocycles. The van der Waals surface area contributed by atoms with Crippen LogP contribution in [0.15, 0.2) is 28.1 Å². The van der Waals surface area contributed by atoms with E-state index in [4.69, 9.17) is 9.26 Å². The highest BCUT2D eigenvalue weighted by Crippen LogP contribution is 2.23. The fraction of sp³-hybridized carbons (Fsp3) is 0.214. The Hall–Kier alpha value is -2.41. The van der Waals surface area contributed by atoms with Crippen LogP contribution in [0.5, 0.6) is 0 Å². The number of hydrogen-bond acceptors (Lipinski definition) is 6. The van der Waals surface area contributed by atoms with Gasteiger partial charge in [-0.2, -0.15) is 5.10 Å². The lowest BCUT2D eigenvalue weighted by molar-refractivity contribution is 0.0464. The van der Waals surface area contributed by atoms with Gasteiger partial charge >= 0.3 is 5.97 Å². The van der Waals surface area contributed by atoms with Crippen LogP contribution in [0.2, 0.25) is 0 Å². The molecule has 0 spiro atoms. The van der Waals surface area contributed by atoms with Crippen molar-refractivity contribution in [3.8, 4) is 10.6 Å². The lowest BCUT2D eigenvalue weighted by Crippen LogP contribution is -2.06. The first-order valence-electron chi connectivity index (χ1n) is 6.33. The topological polar surface area (TPSA) is 81.0 Å². The molecule has 0 aliphatic carbocycles. The van der Waals surface area contributed by atoms with Gasteiger partial charge in [0.05, 0.1) is 21.8 Å². The molecular weight excluding hydrogens is 290 g/mol. The zero-order chi connectivity index (χ0) is 14.8. The minimum atomic E-state index is -0.478. The van der Waals surface area contributed by atoms with E-state index in [1.54, 1.807) is 24.3 Å². The third kappa shape index (κ3) is 2.73. The zero-order valence-corrected chi connectivity index (χ0v) is 12.4. The minimum absolute atomic E-state index is 0.126. The van der Waals surface area contributed by atoms with Crippen LogP contribution >= 0.6 is 11.3 Å². The third-order valence-corrected chi connectivity index (χ3v) is 4.01. The molecule has 0 unspecified atom stereocenters. The van der Waals surface area contributed by atoms with Gasteiger partial charge in [-0.3, -0.25) is 5.10 Å². The van der Waals surface area contributed by atoms with E-state index in [1.807, 2.05) is 24.4 Å². The Morgan fingerprint density at radius 1 is 1.48 bits per heavy atom. The van der Waals surface area contributed by atoms with E-state index >= 15 is 0 Å². The monoisotopic (exact) mass is 303 g/mol. The van der Waals surface area contributed by atoms with E-state index < -0.39 is 5.97 Å². The number of hydrogen-bond donors (Lipinski definition) is 1. The molecule has 0 bridgehead atoms. The molecule has 3 heterocycles. The van der Waals surface area contributed by atoms with E-state index in [-0.39, 0.29) is 12.3 Å². The average molecular weight is 303 g/mol. The van der Waals surface area contributed by atoms with Gasteiger partial charge in [-0.25, -0.2) is 4.79 Å². The molecule has 0 amide bonds. The van der Waals surface area contributed by atoms with Crippen LogP contribution in [0.25, 0.3) is 10.6 Å². The lowest BCUT2D eigenvalue weighted by atomic mass is 10.2. The van der Waals surface area contributed by atoms with Crippen molar-refractivity contribution < 1.29 is 14.1 Å². The maximum Gasteiger partial charge on any atom is 0.359 e. The number of nitrogens with one attached hydrogen (secondary N) is 1. The van der Waals surface area contributed by atoms with Gasteiger partial charge in [-0.1, -0.05) is 11.2 Å². The first-order chi connectivity index (χ1) is 10.1. The average Bonchev–Trinajstić information content (AvgIpc) is 3.18. The highest BCUT2D eigenvalue weighted by molar-refractivity contribution is 7.13. The summed E-state index contributed by atoms with van der Waals surface area (Å²) in [4.78, 5) is 13.0. The fourth-order valence-corrected chi connectivity index (χ4v) is 2.60. The Bertz CT molecular complexity index is 739. The van der Waals surface area contributed by atoms with E-state index in [1.165, 1.54) is 0 Å². The normalized spacial score (nSPS) is 10.8. The molecule has 21 heavy (non-hydrogen) atoms. The molecule has 0 aliphatic rings. The standard InChI is InChI=1S/C14H13N3O3S/c1-8-10(9(2)20-17-8)7-19-14(18)12-6-11(15-16-12)13-4-3-5-21-13/h3-6H,7H2,1-2H3,(H,15,16). The number of aromatic amines is 1. The quantitative estimate of drug-likeness (QED) is 0.749. The van der Waals surface area contributed by atoms with Gasteiger partial charge in [0.25, 0.3) is 0 Å². The second-order valence-electron chi connectivity index (χ2n) is 4.52. The van der Waals surface area contributed by atoms with Crippen molar-refractivity contribution >= 4 is 17.3 Å². The Kier molecular flexibility index (Phi) is 3.57. The summed E-state index contributed by atoms with van der Waals surface area (Å²) < 4.78 is 10.3. The molecule has 3 aromatic heterocycles. The molecule has 7 heteroatoms. The van der Waals surface area contributed by atoms with Gasteiger partial charge in [0.15, 0.2) is 5.69 Å². The second-order valence-corrected chi connectivity index (χ2v) is 5.47. The van der Waals surface area contributed by atoms with Crippen LogP contribution in [0.1, 0.15) is 27.5 Å². The SMILES string of the molecule is Cc1noc(C)c1COC(=O)c1cc(-c2cccs2)[nH]n1. The van der Waals surface area contributed by atoms with Crippen LogP contribution < -0.4 is 0 Å². The number of aromatic nitrogens is 3. The van der Waals surface area contributed by atoms with Crippen LogP contribution in [-0.2, 0) is 11.3 Å². The van der Waals surface area contributed by atoms with E-state index in [0.29, 0.717) is 5.76 Å². The van der Waals surface area contributed by atoms with E-state index in [9.17, 15) is 4.79 Å². The number of aryl methyl sites for hydroxylation is 2. The van der Waals surface area contributed by atoms with E-state index in [0.717, 1.165) is 21.8 Å². The van der Waals surface area contributed by atoms with Gasteiger partial charge in [0.1, 0.15) is 12.4 Å². The Labute approximate surface area is 124 Å². The molecule has 0 fully saturated rings. The summed E-state index contributed by atoms with van der Waals surface area (Å²) in [5.74, 6) is 0.177. The molecular formula is C14H13N3O3S. The molecule has 0 saturated heterocycles. The van der Waals surface area contributed by atoms with Crippen LogP contribution in [0, 0.1) is 13.8 Å². The van der Waals surface area contributed by atoms with Gasteiger partial charge in [0, 0.05) is 0 Å². The zero-order valence-electron chi connectivity index (χ0n) is 11.5. The van der Waals surface area contributed by atoms with Crippen LogP contribution in [-0.4, -0.2) is 21.3 Å². The largest absolute Gasteiger partial charge is 0.456 e. The summed E-state index contributed by atoms with van der Waals surface area (Å²) in [6, 6.07) is 5.58. The summed E-state index contributed by atoms with van der Waals surface area (Å²) in [5.41, 5.74) is 2.57. The first-order valence-corrected chi connectivity index (χ1v) is 7.21. The van der Waals surface area contributed by atoms with Crippen LogP contribution in [0.4, 0.5) is 0 Å². The van der Waals surface area contributed by atoms with E-state index in [2.05, 4.69) is 15.4 Å². The lowest BCUT2D eigenvalue weighted by Gasteiger charge is -2.01. The van der Waals surface area contributed by atoms with Crippen molar-refractivity contribution in [1.82, 2.24) is 15.4 Å². The second kappa shape index (κ2) is 5.53. The first kappa shape index (κ1) is 13.6. The minimum Gasteiger partial charge on any atom is -0.456 e. The Morgan fingerprint density at radius 2 is 2.33 bits per heavy atom. The maximum atomic E-state index is 12.0. The molecule has 0 saturated carbocycles. The van der Waals surface area contributed by atoms with Crippen molar-refractivity contribution in [2.75, 3.05) is 0 Å². The summed E-state index contributed by atoms with van der Waals surface area (Å²) >= 11 is 1.57. The van der Waals surface area contributed by atoms with Gasteiger partial charge < -0.3 is 9.26 Å². The number of carbonyl (C=O) groups excluding carboxylic acids is 1. The number of thiophene rings is 1. The number of nitrogens with zero attached hydrogens (tertiary/aromatic N) is 2. The summed E-state index contributed by atoms with van der Waals surface area (Å²) in [7, 11) is 0. The van der Waals surface area contributed by atoms with Crippen LogP contribution in [0.3, 0.4) is 0 Å². The Morgan fingerprint density at radius 3 is 3.00 bits per heavy atom. The molecule has 0 atom stereocenters. The molecule has 0 aliphatic heterocycles. The number of ether oxygens (including phenoxy) is 1. The molecule has 3 aromatic rings. The smallest absolute Gasteiger partial charge is 0.359 e. The van der Waals surface area contributed by atoms with Crippen molar-refractivity contribution in [3.05, 3.63) is 46.3 Å². The molecule has 108 valence electrons.